The molecule has 0 unspecified atom stereocenters. The molecule has 26 heavy (non-hydrogen) atoms. The highest BCUT2D eigenvalue weighted by molar-refractivity contribution is 6.34. The van der Waals surface area contributed by atoms with E-state index in [1.54, 1.807) is 23.1 Å². The third-order valence-electron chi connectivity index (χ3n) is 3.98. The maximum atomic E-state index is 12.3. The molecule has 1 aliphatic heterocycles. The second kappa shape index (κ2) is 7.97. The van der Waals surface area contributed by atoms with E-state index in [1.807, 2.05) is 0 Å². The maximum Gasteiger partial charge on any atom is 0.409 e. The molecule has 2 aromatic rings. The first kappa shape index (κ1) is 18.5. The number of rotatable bonds is 4. The van der Waals surface area contributed by atoms with Crippen molar-refractivity contribution in [3.05, 3.63) is 55.9 Å². The van der Waals surface area contributed by atoms with Gasteiger partial charge in [-0.2, -0.15) is 5.10 Å². The van der Waals surface area contributed by atoms with E-state index < -0.39 is 6.09 Å². The van der Waals surface area contributed by atoms with Crippen LogP contribution in [0.2, 0.25) is 10.0 Å². The minimum absolute atomic E-state index is 0.247. The van der Waals surface area contributed by atoms with E-state index in [0.717, 1.165) is 11.3 Å². The summed E-state index contributed by atoms with van der Waals surface area (Å²) < 4.78 is 11.7. The Morgan fingerprint density at radius 3 is 2.65 bits per heavy atom. The van der Waals surface area contributed by atoms with Gasteiger partial charge in [0.1, 0.15) is 12.4 Å². The standard InChI is InChI=1S/C17H17Cl2N3O4/c1-25-17(24)21-3-2-15-11(10-21)6-16(23)22(20-15)4-5-26-14-8-12(18)7-13(19)9-14/h6-9H,2-5,10H2,1H3. The lowest BCUT2D eigenvalue weighted by molar-refractivity contribution is 0.118. The number of methoxy groups -OCH3 is 1. The molecule has 0 radical (unpaired) electrons. The van der Waals surface area contributed by atoms with Crippen LogP contribution in [0.15, 0.2) is 29.1 Å². The van der Waals surface area contributed by atoms with Gasteiger partial charge in [-0.15, -0.1) is 0 Å². The van der Waals surface area contributed by atoms with Gasteiger partial charge in [-0.3, -0.25) is 4.79 Å². The van der Waals surface area contributed by atoms with Crippen LogP contribution in [-0.2, 0) is 24.2 Å². The Bertz CT molecular complexity index is 865. The Balaban J connectivity index is 1.66. The maximum absolute atomic E-state index is 12.3. The van der Waals surface area contributed by atoms with Gasteiger partial charge in [-0.25, -0.2) is 9.48 Å². The zero-order valence-electron chi connectivity index (χ0n) is 14.1. The largest absolute Gasteiger partial charge is 0.492 e. The Morgan fingerprint density at radius 2 is 1.96 bits per heavy atom. The summed E-state index contributed by atoms with van der Waals surface area (Å²) in [5, 5.41) is 5.35. The molecule has 7 nitrogen and oxygen atoms in total. The highest BCUT2D eigenvalue weighted by Gasteiger charge is 2.23. The molecule has 0 atom stereocenters. The van der Waals surface area contributed by atoms with Crippen molar-refractivity contribution in [2.24, 2.45) is 0 Å². The number of aromatic nitrogens is 2. The van der Waals surface area contributed by atoms with Gasteiger partial charge in [-0.05, 0) is 18.2 Å². The van der Waals surface area contributed by atoms with Gasteiger partial charge in [0.15, 0.2) is 0 Å². The van der Waals surface area contributed by atoms with Gasteiger partial charge >= 0.3 is 6.09 Å². The van der Waals surface area contributed by atoms with Crippen molar-refractivity contribution in [1.29, 1.82) is 0 Å². The summed E-state index contributed by atoms with van der Waals surface area (Å²) >= 11 is 11.9. The second-order valence-electron chi connectivity index (χ2n) is 5.77. The summed E-state index contributed by atoms with van der Waals surface area (Å²) in [4.78, 5) is 25.4. The zero-order valence-corrected chi connectivity index (χ0v) is 15.6. The van der Waals surface area contributed by atoms with Gasteiger partial charge in [0.25, 0.3) is 5.56 Å². The molecular weight excluding hydrogens is 381 g/mol. The predicted octanol–water partition coefficient (Wildman–Crippen LogP) is 2.75. The molecule has 9 heteroatoms. The average Bonchev–Trinajstić information content (AvgIpc) is 2.60. The van der Waals surface area contributed by atoms with Crippen LogP contribution in [0.1, 0.15) is 11.3 Å². The molecule has 2 heterocycles. The van der Waals surface area contributed by atoms with Crippen molar-refractivity contribution in [2.45, 2.75) is 19.5 Å². The van der Waals surface area contributed by atoms with E-state index in [9.17, 15) is 9.59 Å². The lowest BCUT2D eigenvalue weighted by Crippen LogP contribution is -2.38. The van der Waals surface area contributed by atoms with Crippen molar-refractivity contribution in [3.8, 4) is 5.75 Å². The van der Waals surface area contributed by atoms with Gasteiger partial charge < -0.3 is 14.4 Å². The van der Waals surface area contributed by atoms with Crippen molar-refractivity contribution >= 4 is 29.3 Å². The van der Waals surface area contributed by atoms with Gasteiger partial charge in [-0.1, -0.05) is 23.2 Å². The first-order chi connectivity index (χ1) is 12.5. The molecule has 0 aliphatic carbocycles. The zero-order chi connectivity index (χ0) is 18.7. The van der Waals surface area contributed by atoms with E-state index in [-0.39, 0.29) is 18.7 Å². The number of nitrogens with zero attached hydrogens (tertiary/aromatic N) is 3. The molecule has 1 amide bonds. The number of benzene rings is 1. The molecule has 0 bridgehead atoms. The number of carbonyl (C=O) groups excluding carboxylic acids is 1. The van der Waals surface area contributed by atoms with Crippen molar-refractivity contribution in [2.75, 3.05) is 20.3 Å². The van der Waals surface area contributed by atoms with Gasteiger partial charge in [0.2, 0.25) is 0 Å². The minimum atomic E-state index is -0.409. The Kier molecular flexibility index (Phi) is 5.68. The monoisotopic (exact) mass is 397 g/mol. The van der Waals surface area contributed by atoms with Crippen molar-refractivity contribution < 1.29 is 14.3 Å². The number of hydrogen-bond acceptors (Lipinski definition) is 5. The number of amides is 1. The molecule has 0 saturated heterocycles. The minimum Gasteiger partial charge on any atom is -0.492 e. The topological polar surface area (TPSA) is 73.7 Å². The SMILES string of the molecule is COC(=O)N1CCc2nn(CCOc3cc(Cl)cc(Cl)c3)c(=O)cc2C1. The molecule has 0 spiro atoms. The smallest absolute Gasteiger partial charge is 0.409 e. The van der Waals surface area contributed by atoms with E-state index in [1.165, 1.54) is 17.9 Å². The molecule has 0 N–H and O–H groups in total. The average molecular weight is 398 g/mol. The molecule has 1 aromatic heterocycles. The molecule has 0 saturated carbocycles. The molecular formula is C17H17Cl2N3O4. The first-order valence-electron chi connectivity index (χ1n) is 7.98. The lowest BCUT2D eigenvalue weighted by Gasteiger charge is -2.27. The van der Waals surface area contributed by atoms with Crippen LogP contribution in [0, 0.1) is 0 Å². The third kappa shape index (κ3) is 4.28. The summed E-state index contributed by atoms with van der Waals surface area (Å²) in [6.07, 6.45) is 0.156. The van der Waals surface area contributed by atoms with Crippen LogP contribution in [0.5, 0.6) is 5.75 Å². The van der Waals surface area contributed by atoms with Crippen LogP contribution in [-0.4, -0.2) is 41.0 Å². The van der Waals surface area contributed by atoms with Crippen molar-refractivity contribution in [3.63, 3.8) is 0 Å². The van der Waals surface area contributed by atoms with Crippen LogP contribution >= 0.6 is 23.2 Å². The number of ether oxygens (including phenoxy) is 2. The van der Waals surface area contributed by atoms with E-state index >= 15 is 0 Å². The third-order valence-corrected chi connectivity index (χ3v) is 4.42. The molecule has 1 aromatic carbocycles. The number of hydrogen-bond donors (Lipinski definition) is 0. The van der Waals surface area contributed by atoms with Crippen LogP contribution in [0.3, 0.4) is 0 Å². The summed E-state index contributed by atoms with van der Waals surface area (Å²) in [5.74, 6) is 0.530. The van der Waals surface area contributed by atoms with E-state index in [4.69, 9.17) is 32.7 Å². The van der Waals surface area contributed by atoms with E-state index in [2.05, 4.69) is 5.10 Å². The Labute approximate surface area is 160 Å². The highest BCUT2D eigenvalue weighted by atomic mass is 35.5. The van der Waals surface area contributed by atoms with Gasteiger partial charge in [0.05, 0.1) is 25.9 Å². The number of carbonyl (C=O) groups is 1. The summed E-state index contributed by atoms with van der Waals surface area (Å²) in [5.41, 5.74) is 1.30. The van der Waals surface area contributed by atoms with Crippen molar-refractivity contribution in [1.82, 2.24) is 14.7 Å². The fourth-order valence-corrected chi connectivity index (χ4v) is 3.25. The molecule has 138 valence electrons. The normalized spacial score (nSPS) is 13.3. The van der Waals surface area contributed by atoms with Crippen LogP contribution < -0.4 is 10.3 Å². The second-order valence-corrected chi connectivity index (χ2v) is 6.65. The summed E-state index contributed by atoms with van der Waals surface area (Å²) in [6.45, 7) is 1.36. The fourth-order valence-electron chi connectivity index (χ4n) is 2.75. The quantitative estimate of drug-likeness (QED) is 0.792. The molecule has 1 aliphatic rings. The Morgan fingerprint density at radius 1 is 1.23 bits per heavy atom. The molecule has 3 rings (SSSR count). The van der Waals surface area contributed by atoms with Crippen LogP contribution in [0.4, 0.5) is 4.79 Å². The first-order valence-corrected chi connectivity index (χ1v) is 8.73. The predicted molar refractivity (Wildman–Crippen MR) is 97.0 cm³/mol. The highest BCUT2D eigenvalue weighted by Crippen LogP contribution is 2.24. The number of halogens is 2. The fraction of sp³-hybridized carbons (Fsp3) is 0.353. The summed E-state index contributed by atoms with van der Waals surface area (Å²) in [6, 6.07) is 6.42. The Hall–Kier alpha value is -2.25. The van der Waals surface area contributed by atoms with Gasteiger partial charge in [0, 0.05) is 34.6 Å². The van der Waals surface area contributed by atoms with E-state index in [0.29, 0.717) is 35.3 Å². The summed E-state index contributed by atoms with van der Waals surface area (Å²) in [7, 11) is 1.33. The van der Waals surface area contributed by atoms with Crippen LogP contribution in [0.25, 0.3) is 0 Å². The molecule has 0 fully saturated rings. The number of fused-ring (bicyclic) bond motifs is 1. The lowest BCUT2D eigenvalue weighted by atomic mass is 10.1.